The maximum atomic E-state index is 11.9. The topological polar surface area (TPSA) is 52.6 Å². The maximum Gasteiger partial charge on any atom is 0.305 e. The molecule has 0 amide bonds. The third-order valence-electron chi connectivity index (χ3n) is 17.0. The fourth-order valence-corrected chi connectivity index (χ4v) is 11.5. The quantitative estimate of drug-likeness (QED) is 0.0450. The van der Waals surface area contributed by atoms with Gasteiger partial charge in [0.2, 0.25) is 0 Å². The minimum absolute atomic E-state index is 0.0284. The van der Waals surface area contributed by atoms with Gasteiger partial charge in [0, 0.05) is 12.8 Å². The van der Waals surface area contributed by atoms with Crippen LogP contribution < -0.4 is 0 Å². The van der Waals surface area contributed by atoms with Crippen LogP contribution in [-0.4, -0.2) is 25.2 Å². The van der Waals surface area contributed by atoms with Gasteiger partial charge in [-0.05, 0) is 25.7 Å². The summed E-state index contributed by atoms with van der Waals surface area (Å²) in [6, 6.07) is 0. The molecule has 0 saturated carbocycles. The molecule has 0 fully saturated rings. The van der Waals surface area contributed by atoms with Gasteiger partial charge in [-0.1, -0.05) is 413 Å². The zero-order valence-electron chi connectivity index (χ0n) is 54.7. The van der Waals surface area contributed by atoms with Crippen LogP contribution in [0, 0.1) is 0 Å². The lowest BCUT2D eigenvalue weighted by atomic mass is 10.0. The van der Waals surface area contributed by atoms with Crippen molar-refractivity contribution in [3.05, 3.63) is 0 Å². The Hall–Kier alpha value is -1.06. The molecule has 0 aromatic heterocycles. The zero-order valence-corrected chi connectivity index (χ0v) is 54.7. The van der Waals surface area contributed by atoms with Crippen molar-refractivity contribution >= 4 is 11.9 Å². The van der Waals surface area contributed by atoms with E-state index in [4.69, 9.17) is 9.47 Å². The highest BCUT2D eigenvalue weighted by molar-refractivity contribution is 5.69. The van der Waals surface area contributed by atoms with Crippen LogP contribution in [0.3, 0.4) is 0 Å². The molecule has 0 bridgehead atoms. The van der Waals surface area contributed by atoms with E-state index in [9.17, 15) is 9.59 Å². The maximum absolute atomic E-state index is 11.9. The molecule has 0 aliphatic heterocycles. The van der Waals surface area contributed by atoms with Gasteiger partial charge in [0.25, 0.3) is 0 Å². The number of hydrogen-bond acceptors (Lipinski definition) is 4. The van der Waals surface area contributed by atoms with E-state index in [1.54, 1.807) is 0 Å². The molecule has 0 aromatic rings. The summed E-state index contributed by atoms with van der Waals surface area (Å²) >= 11 is 0. The monoisotopic (exact) mass is 1100 g/mol. The molecule has 4 nitrogen and oxygen atoms in total. The molecule has 0 aromatic carbocycles. The first kappa shape index (κ1) is 79.0. The first-order valence-electron chi connectivity index (χ1n) is 36.9. The van der Waals surface area contributed by atoms with Crippen molar-refractivity contribution in [3.8, 4) is 0 Å². The molecular formula is C74H148O4. The first-order chi connectivity index (χ1) is 38.6. The second-order valence-corrected chi connectivity index (χ2v) is 25.2. The Morgan fingerprint density at radius 2 is 0.282 bits per heavy atom. The fourth-order valence-electron chi connectivity index (χ4n) is 11.5. The Labute approximate surface area is 493 Å². The number of rotatable bonds is 68. The van der Waals surface area contributed by atoms with Gasteiger partial charge >= 0.3 is 11.9 Å². The van der Waals surface area contributed by atoms with Crippen molar-refractivity contribution in [1.29, 1.82) is 0 Å². The van der Waals surface area contributed by atoms with Gasteiger partial charge < -0.3 is 9.47 Å². The van der Waals surface area contributed by atoms with Crippen molar-refractivity contribution in [1.82, 2.24) is 0 Å². The van der Waals surface area contributed by atoms with Crippen molar-refractivity contribution in [2.24, 2.45) is 0 Å². The summed E-state index contributed by atoms with van der Waals surface area (Å²) in [7, 11) is 0. The van der Waals surface area contributed by atoms with Crippen molar-refractivity contribution in [2.45, 2.75) is 451 Å². The highest BCUT2D eigenvalue weighted by Crippen LogP contribution is 2.19. The lowest BCUT2D eigenvalue weighted by molar-refractivity contribution is -0.144. The van der Waals surface area contributed by atoms with Crippen molar-refractivity contribution in [3.63, 3.8) is 0 Å². The molecule has 0 saturated heterocycles. The average molecular weight is 1100 g/mol. The molecular weight excluding hydrogens is 953 g/mol. The fraction of sp³-hybridized carbons (Fsp3) is 0.973. The predicted molar refractivity (Wildman–Crippen MR) is 349 cm³/mol. The van der Waals surface area contributed by atoms with E-state index in [-0.39, 0.29) is 11.9 Å². The Bertz CT molecular complexity index is 1060. The van der Waals surface area contributed by atoms with E-state index in [2.05, 4.69) is 27.7 Å². The van der Waals surface area contributed by atoms with E-state index in [1.807, 2.05) is 0 Å². The van der Waals surface area contributed by atoms with Crippen LogP contribution in [0.4, 0.5) is 0 Å². The van der Waals surface area contributed by atoms with E-state index < -0.39 is 0 Å². The lowest BCUT2D eigenvalue weighted by Gasteiger charge is -2.06. The molecule has 0 rings (SSSR count). The average Bonchev–Trinajstić information content (AvgIpc) is 3.44. The highest BCUT2D eigenvalue weighted by atomic mass is 16.5. The number of esters is 2. The van der Waals surface area contributed by atoms with Gasteiger partial charge in [0.15, 0.2) is 0 Å². The van der Waals surface area contributed by atoms with E-state index in [0.717, 1.165) is 25.7 Å². The predicted octanol–water partition coefficient (Wildman–Crippen LogP) is 26.9. The van der Waals surface area contributed by atoms with Crippen LogP contribution in [0.2, 0.25) is 0 Å². The largest absolute Gasteiger partial charge is 0.466 e. The summed E-state index contributed by atoms with van der Waals surface area (Å²) in [4.78, 5) is 23.9. The molecule has 0 aliphatic rings. The third-order valence-corrected chi connectivity index (χ3v) is 17.0. The van der Waals surface area contributed by atoms with E-state index in [0.29, 0.717) is 26.1 Å². The van der Waals surface area contributed by atoms with E-state index >= 15 is 0 Å². The molecule has 0 aliphatic carbocycles. The van der Waals surface area contributed by atoms with Crippen LogP contribution >= 0.6 is 0 Å². The molecule has 0 spiro atoms. The molecule has 0 heterocycles. The molecule has 0 unspecified atom stereocenters. The summed E-state index contributed by atoms with van der Waals surface area (Å²) in [5.74, 6) is 0.0577. The van der Waals surface area contributed by atoms with Gasteiger partial charge in [0.05, 0.1) is 13.2 Å². The Balaban J connectivity index is 0. The van der Waals surface area contributed by atoms with E-state index in [1.165, 1.54) is 385 Å². The molecule has 4 heteroatoms. The SMILES string of the molecule is CCCCCCCCCCCCCCCCCCCCCC(=O)OCCCCCCCCCCCCCCCC.CCCCCCCCCCCCCCCCCCOC(=O)CCCCCCCCCCCCCCCCC. The van der Waals surface area contributed by atoms with Crippen LogP contribution in [-0.2, 0) is 19.1 Å². The molecule has 78 heavy (non-hydrogen) atoms. The van der Waals surface area contributed by atoms with Crippen LogP contribution in [0.25, 0.3) is 0 Å². The zero-order chi connectivity index (χ0) is 56.7. The lowest BCUT2D eigenvalue weighted by Crippen LogP contribution is -2.05. The summed E-state index contributed by atoms with van der Waals surface area (Å²) in [5, 5.41) is 0. The van der Waals surface area contributed by atoms with Gasteiger partial charge in [0.1, 0.15) is 0 Å². The number of unbranched alkanes of at least 4 members (excludes halogenated alkanes) is 60. The second kappa shape index (κ2) is 75.9. The Morgan fingerprint density at radius 3 is 0.423 bits per heavy atom. The number of ether oxygens (including phenoxy) is 2. The Kier molecular flexibility index (Phi) is 76.9. The normalized spacial score (nSPS) is 11.3. The van der Waals surface area contributed by atoms with Crippen LogP contribution in [0.15, 0.2) is 0 Å². The van der Waals surface area contributed by atoms with Crippen molar-refractivity contribution in [2.75, 3.05) is 13.2 Å². The molecule has 468 valence electrons. The minimum atomic E-state index is 0.0284. The van der Waals surface area contributed by atoms with Gasteiger partial charge in [-0.15, -0.1) is 0 Å². The molecule has 0 radical (unpaired) electrons. The number of hydrogen-bond donors (Lipinski definition) is 0. The highest BCUT2D eigenvalue weighted by Gasteiger charge is 2.05. The number of carbonyl (C=O) groups excluding carboxylic acids is 2. The van der Waals surface area contributed by atoms with Gasteiger partial charge in [-0.3, -0.25) is 9.59 Å². The Morgan fingerprint density at radius 1 is 0.167 bits per heavy atom. The summed E-state index contributed by atoms with van der Waals surface area (Å²) in [6.07, 6.45) is 89.1. The smallest absolute Gasteiger partial charge is 0.305 e. The van der Waals surface area contributed by atoms with Crippen LogP contribution in [0.5, 0.6) is 0 Å². The van der Waals surface area contributed by atoms with Gasteiger partial charge in [-0.25, -0.2) is 0 Å². The molecule has 0 atom stereocenters. The van der Waals surface area contributed by atoms with Gasteiger partial charge in [-0.2, -0.15) is 0 Å². The first-order valence-corrected chi connectivity index (χ1v) is 36.9. The molecule has 0 N–H and O–H groups in total. The second-order valence-electron chi connectivity index (χ2n) is 25.2. The summed E-state index contributed by atoms with van der Waals surface area (Å²) in [6.45, 7) is 10.4. The number of carbonyl (C=O) groups is 2. The summed E-state index contributed by atoms with van der Waals surface area (Å²) < 4.78 is 10.9. The minimum Gasteiger partial charge on any atom is -0.466 e. The van der Waals surface area contributed by atoms with Crippen molar-refractivity contribution < 1.29 is 19.1 Å². The van der Waals surface area contributed by atoms with Crippen LogP contribution in [0.1, 0.15) is 451 Å². The third kappa shape index (κ3) is 77.0. The standard InChI is InChI=1S/C38H76O2.C36H72O2/c1-3-5-7-9-11-13-15-17-19-20-21-22-23-24-26-28-30-32-34-36-38(39)40-37-35-33-31-29-27-25-18-16-14-12-10-8-6-4-2;1-3-5-7-9-11-13-15-17-19-21-23-25-27-29-31-33-35-38-36(37)34-32-30-28-26-24-22-20-18-16-14-12-10-8-6-4-2/h3-37H2,1-2H3;3-35H2,1-2H3. The summed E-state index contributed by atoms with van der Waals surface area (Å²) in [5.41, 5.74) is 0.